The molecule has 1 aliphatic carbocycles. The topological polar surface area (TPSA) is 85.5 Å². The molecule has 3 unspecified atom stereocenters. The third kappa shape index (κ3) is 1.90. The van der Waals surface area contributed by atoms with E-state index in [1.807, 2.05) is 0 Å². The summed E-state index contributed by atoms with van der Waals surface area (Å²) in [6, 6.07) is 0. The van der Waals surface area contributed by atoms with Gasteiger partial charge in [0.15, 0.2) is 11.9 Å². The van der Waals surface area contributed by atoms with Crippen LogP contribution >= 0.6 is 0 Å². The summed E-state index contributed by atoms with van der Waals surface area (Å²) in [4.78, 5) is 15.1. The van der Waals surface area contributed by atoms with Gasteiger partial charge in [-0.05, 0) is 24.7 Å². The van der Waals surface area contributed by atoms with Gasteiger partial charge < -0.3 is 14.4 Å². The molecule has 0 bridgehead atoms. The van der Waals surface area contributed by atoms with Crippen molar-refractivity contribution in [2.75, 3.05) is 0 Å². The second-order valence-electron chi connectivity index (χ2n) is 5.77. The van der Waals surface area contributed by atoms with E-state index in [-0.39, 0.29) is 11.5 Å². The van der Waals surface area contributed by atoms with E-state index in [0.717, 1.165) is 12.2 Å². The molecule has 0 spiro atoms. The lowest BCUT2D eigenvalue weighted by atomic mass is 10.1. The predicted octanol–water partition coefficient (Wildman–Crippen LogP) is 1.89. The number of nitrogens with zero attached hydrogens (tertiary/aromatic N) is 2. The maximum Gasteiger partial charge on any atom is 0.332 e. The number of rotatable bonds is 3. The Hall–Kier alpha value is -1.43. The molecule has 0 aromatic carbocycles. The number of carbonyl (C=O) groups is 1. The predicted molar refractivity (Wildman–Crippen MR) is 59.9 cm³/mol. The maximum absolute atomic E-state index is 10.8. The standard InChI is InChI=1S/C12H16N2O4/c1-12(2)5-6(12)9-13-10(18-14-9)7-3-4-8(17-7)11(15)16/h6-8H,3-5H2,1-2H3,(H,15,16). The molecule has 98 valence electrons. The van der Waals surface area contributed by atoms with Gasteiger partial charge in [0.05, 0.1) is 0 Å². The second-order valence-corrected chi connectivity index (χ2v) is 5.77. The van der Waals surface area contributed by atoms with Gasteiger partial charge in [0, 0.05) is 5.92 Å². The van der Waals surface area contributed by atoms with Crippen molar-refractivity contribution < 1.29 is 19.2 Å². The van der Waals surface area contributed by atoms with Crippen molar-refractivity contribution in [3.05, 3.63) is 11.7 Å². The van der Waals surface area contributed by atoms with E-state index >= 15 is 0 Å². The van der Waals surface area contributed by atoms with Gasteiger partial charge in [-0.3, -0.25) is 0 Å². The van der Waals surface area contributed by atoms with Gasteiger partial charge in [-0.2, -0.15) is 4.98 Å². The molecule has 1 aromatic rings. The number of hydrogen-bond donors (Lipinski definition) is 1. The summed E-state index contributed by atoms with van der Waals surface area (Å²) in [7, 11) is 0. The molecule has 1 aliphatic heterocycles. The zero-order valence-electron chi connectivity index (χ0n) is 10.4. The zero-order valence-corrected chi connectivity index (χ0v) is 10.4. The first-order chi connectivity index (χ1) is 8.47. The molecule has 0 radical (unpaired) electrons. The van der Waals surface area contributed by atoms with Crippen molar-refractivity contribution in [2.45, 2.75) is 51.2 Å². The molecule has 2 fully saturated rings. The van der Waals surface area contributed by atoms with Crippen LogP contribution in [0.1, 0.15) is 56.8 Å². The molecule has 2 aliphatic rings. The Kier molecular flexibility index (Phi) is 2.45. The summed E-state index contributed by atoms with van der Waals surface area (Å²) in [5, 5.41) is 12.8. The fourth-order valence-electron chi connectivity index (χ4n) is 2.43. The highest BCUT2D eigenvalue weighted by Gasteiger charge is 2.50. The number of hydrogen-bond acceptors (Lipinski definition) is 5. The number of carboxylic acid groups (broad SMARTS) is 1. The monoisotopic (exact) mass is 252 g/mol. The second kappa shape index (κ2) is 3.78. The van der Waals surface area contributed by atoms with Crippen molar-refractivity contribution >= 4 is 5.97 Å². The molecule has 6 heteroatoms. The van der Waals surface area contributed by atoms with Crippen LogP contribution in [0.5, 0.6) is 0 Å². The minimum Gasteiger partial charge on any atom is -0.479 e. The van der Waals surface area contributed by atoms with Gasteiger partial charge >= 0.3 is 5.97 Å². The minimum atomic E-state index is -0.930. The van der Waals surface area contributed by atoms with Gasteiger partial charge in [0.1, 0.15) is 6.10 Å². The number of carboxylic acids is 1. The molecule has 2 heterocycles. The van der Waals surface area contributed by atoms with Crippen LogP contribution in [-0.2, 0) is 9.53 Å². The molecule has 3 atom stereocenters. The normalized spacial score (nSPS) is 33.6. The Balaban J connectivity index is 1.69. The van der Waals surface area contributed by atoms with E-state index in [4.69, 9.17) is 14.4 Å². The quantitative estimate of drug-likeness (QED) is 0.884. The highest BCUT2D eigenvalue weighted by molar-refractivity contribution is 5.72. The maximum atomic E-state index is 10.8. The van der Waals surface area contributed by atoms with E-state index in [1.54, 1.807) is 0 Å². The lowest BCUT2D eigenvalue weighted by Gasteiger charge is -2.05. The molecular weight excluding hydrogens is 236 g/mol. The van der Waals surface area contributed by atoms with Gasteiger partial charge in [0.25, 0.3) is 5.89 Å². The first-order valence-electron chi connectivity index (χ1n) is 6.19. The summed E-state index contributed by atoms with van der Waals surface area (Å²) < 4.78 is 10.6. The summed E-state index contributed by atoms with van der Waals surface area (Å²) >= 11 is 0. The molecule has 1 aromatic heterocycles. The number of aromatic nitrogens is 2. The van der Waals surface area contributed by atoms with Crippen LogP contribution in [-0.4, -0.2) is 27.3 Å². The molecule has 1 N–H and O–H groups in total. The molecule has 6 nitrogen and oxygen atoms in total. The fraction of sp³-hybridized carbons (Fsp3) is 0.750. The van der Waals surface area contributed by atoms with Crippen LogP contribution in [0.2, 0.25) is 0 Å². The Morgan fingerprint density at radius 3 is 2.72 bits per heavy atom. The minimum absolute atomic E-state index is 0.251. The lowest BCUT2D eigenvalue weighted by Crippen LogP contribution is -2.18. The van der Waals surface area contributed by atoms with Gasteiger partial charge in [-0.1, -0.05) is 19.0 Å². The largest absolute Gasteiger partial charge is 0.479 e. The van der Waals surface area contributed by atoms with Crippen LogP contribution in [0.25, 0.3) is 0 Å². The van der Waals surface area contributed by atoms with Crippen LogP contribution in [0, 0.1) is 5.41 Å². The molecule has 0 amide bonds. The fourth-order valence-corrected chi connectivity index (χ4v) is 2.43. The molecule has 3 rings (SSSR count). The van der Waals surface area contributed by atoms with E-state index in [0.29, 0.717) is 24.7 Å². The van der Waals surface area contributed by atoms with E-state index < -0.39 is 12.1 Å². The molecule has 1 saturated carbocycles. The Bertz CT molecular complexity index is 482. The first kappa shape index (κ1) is 11.6. The van der Waals surface area contributed by atoms with E-state index in [1.165, 1.54) is 0 Å². The van der Waals surface area contributed by atoms with Crippen molar-refractivity contribution in [2.24, 2.45) is 5.41 Å². The average molecular weight is 252 g/mol. The van der Waals surface area contributed by atoms with Gasteiger partial charge in [0.2, 0.25) is 0 Å². The summed E-state index contributed by atoms with van der Waals surface area (Å²) in [5.41, 5.74) is 0.251. The highest BCUT2D eigenvalue weighted by Crippen LogP contribution is 2.57. The number of ether oxygens (including phenoxy) is 1. The Morgan fingerprint density at radius 2 is 2.17 bits per heavy atom. The summed E-state index contributed by atoms with van der Waals surface area (Å²) in [6.45, 7) is 4.33. The van der Waals surface area contributed by atoms with Crippen molar-refractivity contribution in [3.63, 3.8) is 0 Å². The van der Waals surface area contributed by atoms with Crippen molar-refractivity contribution in [1.29, 1.82) is 0 Å². The Morgan fingerprint density at radius 1 is 1.44 bits per heavy atom. The van der Waals surface area contributed by atoms with E-state index in [2.05, 4.69) is 24.0 Å². The zero-order chi connectivity index (χ0) is 12.9. The van der Waals surface area contributed by atoms with Crippen LogP contribution < -0.4 is 0 Å². The van der Waals surface area contributed by atoms with Crippen LogP contribution in [0.3, 0.4) is 0 Å². The van der Waals surface area contributed by atoms with Crippen molar-refractivity contribution in [3.8, 4) is 0 Å². The first-order valence-corrected chi connectivity index (χ1v) is 6.19. The van der Waals surface area contributed by atoms with Crippen LogP contribution in [0.4, 0.5) is 0 Å². The Labute approximate surface area is 104 Å². The smallest absolute Gasteiger partial charge is 0.332 e. The third-order valence-electron chi connectivity index (χ3n) is 3.85. The third-order valence-corrected chi connectivity index (χ3v) is 3.85. The SMILES string of the molecule is CC1(C)CC1c1noc(C2CCC(C(=O)O)O2)n1. The van der Waals surface area contributed by atoms with Crippen LogP contribution in [0.15, 0.2) is 4.52 Å². The molecule has 1 saturated heterocycles. The summed E-state index contributed by atoms with van der Waals surface area (Å²) in [5.74, 6) is 0.557. The highest BCUT2D eigenvalue weighted by atomic mass is 16.5. The average Bonchev–Trinajstić information content (AvgIpc) is 2.82. The van der Waals surface area contributed by atoms with Gasteiger partial charge in [-0.25, -0.2) is 4.79 Å². The molecular formula is C12H16N2O4. The summed E-state index contributed by atoms with van der Waals surface area (Å²) in [6.07, 6.45) is 1.06. The van der Waals surface area contributed by atoms with Crippen molar-refractivity contribution in [1.82, 2.24) is 10.1 Å². The lowest BCUT2D eigenvalue weighted by molar-refractivity contribution is -0.150. The molecule has 18 heavy (non-hydrogen) atoms. The van der Waals surface area contributed by atoms with Gasteiger partial charge in [-0.15, -0.1) is 0 Å². The van der Waals surface area contributed by atoms with E-state index in [9.17, 15) is 4.79 Å². The number of aliphatic carboxylic acids is 1.